The number of hydrogen-bond donors (Lipinski definition) is 0. The van der Waals surface area contributed by atoms with Crippen LogP contribution in [0.25, 0.3) is 0 Å². The average Bonchev–Trinajstić information content (AvgIpc) is 3.07. The van der Waals surface area contributed by atoms with Gasteiger partial charge in [0.25, 0.3) is 0 Å². The molecule has 2 aromatic rings. The molecule has 29 heavy (non-hydrogen) atoms. The van der Waals surface area contributed by atoms with E-state index in [0.717, 1.165) is 6.42 Å². The molecule has 154 valence electrons. The van der Waals surface area contributed by atoms with Crippen LogP contribution in [0.1, 0.15) is 25.3 Å². The van der Waals surface area contributed by atoms with Gasteiger partial charge in [-0.05, 0) is 65.9 Å². The largest absolute Gasteiger partial charge is 0.306 e. The van der Waals surface area contributed by atoms with Crippen molar-refractivity contribution in [3.05, 3.63) is 63.0 Å². The summed E-state index contributed by atoms with van der Waals surface area (Å²) in [7, 11) is -3.73. The Bertz CT molecular complexity index is 993. The number of nitrogens with zero attached hydrogens (tertiary/aromatic N) is 3. The quantitative estimate of drug-likeness (QED) is 0.474. The lowest BCUT2D eigenvalue weighted by Gasteiger charge is -2.28. The van der Waals surface area contributed by atoms with Crippen LogP contribution in [0, 0.1) is 11.5 Å². The van der Waals surface area contributed by atoms with Crippen LogP contribution in [0.5, 0.6) is 0 Å². The Morgan fingerprint density at radius 1 is 1.21 bits per heavy atom. The molecule has 5 nitrogen and oxygen atoms in total. The van der Waals surface area contributed by atoms with Crippen LogP contribution in [0.2, 0.25) is 0 Å². The molecule has 0 saturated carbocycles. The molecular formula is C21H23Br2N3O2S. The molecule has 0 unspecified atom stereocenters. The second-order valence-corrected chi connectivity index (χ2v) is 10.9. The van der Waals surface area contributed by atoms with Gasteiger partial charge in [0.1, 0.15) is 0 Å². The molecular weight excluding hydrogens is 518 g/mol. The number of sulfonamides is 1. The highest BCUT2D eigenvalue weighted by Crippen LogP contribution is 2.32. The van der Waals surface area contributed by atoms with Gasteiger partial charge in [-0.2, -0.15) is 9.57 Å². The van der Waals surface area contributed by atoms with E-state index in [1.165, 1.54) is 5.56 Å². The van der Waals surface area contributed by atoms with E-state index in [1.54, 1.807) is 27.4 Å². The molecule has 1 aliphatic heterocycles. The zero-order valence-corrected chi connectivity index (χ0v) is 20.1. The Morgan fingerprint density at radius 3 is 2.59 bits per heavy atom. The molecule has 0 aromatic heterocycles. The standard InChI is InChI=1S/C21H23Br2N3O2S/c1-16-12-19(14-25(16)15-24)26(11-5-8-17-6-3-2-4-7-17)29(27,28)21-13-18(22)9-10-20(21)23/h2-4,6-7,9-10,13,16,19H,5,8,11-12,14H2,1H3/t16-,19+/m0/s1. The highest BCUT2D eigenvalue weighted by atomic mass is 79.9. The first-order chi connectivity index (χ1) is 13.8. The zero-order chi connectivity index (χ0) is 21.0. The van der Waals surface area contributed by atoms with Gasteiger partial charge in [-0.25, -0.2) is 8.42 Å². The van der Waals surface area contributed by atoms with Gasteiger partial charge in [-0.15, -0.1) is 0 Å². The Morgan fingerprint density at radius 2 is 1.93 bits per heavy atom. The third kappa shape index (κ3) is 5.21. The molecule has 8 heteroatoms. The van der Waals surface area contributed by atoms with Gasteiger partial charge in [-0.3, -0.25) is 0 Å². The third-order valence-electron chi connectivity index (χ3n) is 5.26. The summed E-state index contributed by atoms with van der Waals surface area (Å²) in [6.07, 6.45) is 4.35. The summed E-state index contributed by atoms with van der Waals surface area (Å²) in [6, 6.07) is 15.0. The Kier molecular flexibility index (Phi) is 7.38. The molecule has 1 saturated heterocycles. The van der Waals surface area contributed by atoms with E-state index in [9.17, 15) is 13.7 Å². The van der Waals surface area contributed by atoms with Crippen LogP contribution >= 0.6 is 31.9 Å². The number of nitriles is 1. The Labute approximate surface area is 189 Å². The van der Waals surface area contributed by atoms with Crippen LogP contribution in [0.4, 0.5) is 0 Å². The smallest absolute Gasteiger partial charge is 0.244 e. The fourth-order valence-corrected chi connectivity index (χ4v) is 6.87. The van der Waals surface area contributed by atoms with Crippen LogP contribution in [-0.2, 0) is 16.4 Å². The first-order valence-corrected chi connectivity index (χ1v) is 12.5. The summed E-state index contributed by atoms with van der Waals surface area (Å²) < 4.78 is 30.1. The lowest BCUT2D eigenvalue weighted by molar-refractivity contribution is 0.315. The van der Waals surface area contributed by atoms with Crippen molar-refractivity contribution >= 4 is 41.9 Å². The van der Waals surface area contributed by atoms with E-state index in [4.69, 9.17) is 0 Å². The molecule has 0 spiro atoms. The summed E-state index contributed by atoms with van der Waals surface area (Å²) in [5.74, 6) is 0. The summed E-state index contributed by atoms with van der Waals surface area (Å²) in [5, 5.41) is 9.36. The molecule has 0 bridgehead atoms. The van der Waals surface area contributed by atoms with Crippen LogP contribution in [0.15, 0.2) is 62.4 Å². The number of benzene rings is 2. The average molecular weight is 541 g/mol. The number of halogens is 2. The molecule has 0 N–H and O–H groups in total. The van der Waals surface area contributed by atoms with E-state index in [2.05, 4.69) is 50.2 Å². The van der Waals surface area contributed by atoms with Crippen molar-refractivity contribution in [1.82, 2.24) is 9.21 Å². The van der Waals surface area contributed by atoms with Crippen LogP contribution in [-0.4, -0.2) is 42.8 Å². The maximum atomic E-state index is 13.6. The highest BCUT2D eigenvalue weighted by Gasteiger charge is 2.39. The fraction of sp³-hybridized carbons (Fsp3) is 0.381. The van der Waals surface area contributed by atoms with Crippen molar-refractivity contribution in [2.24, 2.45) is 0 Å². The van der Waals surface area contributed by atoms with E-state index < -0.39 is 10.0 Å². The van der Waals surface area contributed by atoms with Gasteiger partial charge in [0.15, 0.2) is 6.19 Å². The van der Waals surface area contributed by atoms with E-state index in [-0.39, 0.29) is 17.0 Å². The molecule has 0 aliphatic carbocycles. The summed E-state index contributed by atoms with van der Waals surface area (Å²) in [4.78, 5) is 1.91. The maximum Gasteiger partial charge on any atom is 0.244 e. The molecule has 2 aromatic carbocycles. The predicted molar refractivity (Wildman–Crippen MR) is 121 cm³/mol. The zero-order valence-electron chi connectivity index (χ0n) is 16.1. The normalized spacial score (nSPS) is 19.5. The second-order valence-electron chi connectivity index (χ2n) is 7.27. The predicted octanol–water partition coefficient (Wildman–Crippen LogP) is 4.78. The first-order valence-electron chi connectivity index (χ1n) is 9.50. The molecule has 3 rings (SSSR count). The van der Waals surface area contributed by atoms with Crippen molar-refractivity contribution in [2.75, 3.05) is 13.1 Å². The highest BCUT2D eigenvalue weighted by molar-refractivity contribution is 9.11. The molecule has 0 amide bonds. The molecule has 1 heterocycles. The summed E-state index contributed by atoms with van der Waals surface area (Å²) in [6.45, 7) is 2.80. The number of likely N-dealkylation sites (tertiary alicyclic amines) is 1. The molecule has 0 radical (unpaired) electrons. The van der Waals surface area contributed by atoms with E-state index in [0.29, 0.717) is 34.9 Å². The molecule has 1 aliphatic rings. The molecule has 2 atom stereocenters. The van der Waals surface area contributed by atoms with Gasteiger partial charge in [0.05, 0.1) is 4.90 Å². The van der Waals surface area contributed by atoms with Gasteiger partial charge in [0.2, 0.25) is 10.0 Å². The van der Waals surface area contributed by atoms with Crippen molar-refractivity contribution in [2.45, 2.75) is 43.2 Å². The minimum atomic E-state index is -3.73. The van der Waals surface area contributed by atoms with Crippen LogP contribution < -0.4 is 0 Å². The minimum absolute atomic E-state index is 0.0303. The second kappa shape index (κ2) is 9.61. The number of rotatable bonds is 7. The minimum Gasteiger partial charge on any atom is -0.306 e. The fourth-order valence-electron chi connectivity index (χ4n) is 3.73. The first kappa shape index (κ1) is 22.3. The Balaban J connectivity index is 1.87. The maximum absolute atomic E-state index is 13.6. The topological polar surface area (TPSA) is 64.4 Å². The number of aryl methyl sites for hydroxylation is 1. The van der Waals surface area contributed by atoms with E-state index >= 15 is 0 Å². The van der Waals surface area contributed by atoms with Crippen molar-refractivity contribution in [3.8, 4) is 6.19 Å². The SMILES string of the molecule is C[C@H]1C[C@@H](N(CCCc2ccccc2)S(=O)(=O)c2cc(Br)ccc2Br)CN1C#N. The lowest BCUT2D eigenvalue weighted by atomic mass is 10.1. The van der Waals surface area contributed by atoms with Gasteiger partial charge >= 0.3 is 0 Å². The summed E-state index contributed by atoms with van der Waals surface area (Å²) >= 11 is 6.78. The molecule has 1 fully saturated rings. The monoisotopic (exact) mass is 539 g/mol. The lowest BCUT2D eigenvalue weighted by Crippen LogP contribution is -2.42. The van der Waals surface area contributed by atoms with E-state index in [1.807, 2.05) is 25.1 Å². The number of hydrogen-bond acceptors (Lipinski definition) is 4. The van der Waals surface area contributed by atoms with Crippen molar-refractivity contribution < 1.29 is 8.42 Å². The van der Waals surface area contributed by atoms with Crippen LogP contribution in [0.3, 0.4) is 0 Å². The van der Waals surface area contributed by atoms with Gasteiger partial charge < -0.3 is 4.90 Å². The van der Waals surface area contributed by atoms with Crippen molar-refractivity contribution in [1.29, 1.82) is 5.26 Å². The summed E-state index contributed by atoms with van der Waals surface area (Å²) in [5.41, 5.74) is 1.19. The Hall–Kier alpha value is -1.40. The third-order valence-corrected chi connectivity index (χ3v) is 8.69. The van der Waals surface area contributed by atoms with Crippen molar-refractivity contribution in [3.63, 3.8) is 0 Å². The van der Waals surface area contributed by atoms with Gasteiger partial charge in [0, 0.05) is 34.1 Å². The van der Waals surface area contributed by atoms with Gasteiger partial charge in [-0.1, -0.05) is 46.3 Å².